The maximum Gasteiger partial charge on any atom is 0.224 e. The van der Waals surface area contributed by atoms with E-state index in [4.69, 9.17) is 4.52 Å². The van der Waals surface area contributed by atoms with Gasteiger partial charge < -0.3 is 4.52 Å². The number of nitrogens with zero attached hydrogens (tertiary/aromatic N) is 1. The molecule has 0 saturated carbocycles. The molecule has 1 aromatic heterocycles. The number of aromatic nitrogens is 1. The minimum Gasteiger partial charge on any atom is -0.352 e. The van der Waals surface area contributed by atoms with E-state index >= 15 is 0 Å². The molecule has 0 aliphatic rings. The molecule has 1 heterocycles. The molecule has 0 aliphatic heterocycles. The van der Waals surface area contributed by atoms with Gasteiger partial charge in [-0.25, -0.2) is 0 Å². The van der Waals surface area contributed by atoms with Gasteiger partial charge in [0.2, 0.25) is 11.0 Å². The molecule has 0 N–H and O–H groups in total. The summed E-state index contributed by atoms with van der Waals surface area (Å²) >= 11 is 0. The van der Waals surface area contributed by atoms with Crippen molar-refractivity contribution in [1.29, 1.82) is 0 Å². The molecule has 54 valence electrons. The fourth-order valence-electron chi connectivity index (χ4n) is 0.931. The Morgan fingerprint density at radius 1 is 1.27 bits per heavy atom. The highest BCUT2D eigenvalue weighted by atomic mass is 16.5. The molecule has 3 nitrogen and oxygen atoms in total. The van der Waals surface area contributed by atoms with E-state index in [0.717, 1.165) is 5.39 Å². The van der Waals surface area contributed by atoms with Crippen molar-refractivity contribution in [3.05, 3.63) is 40.7 Å². The van der Waals surface area contributed by atoms with Gasteiger partial charge in [0.25, 0.3) is 0 Å². The van der Waals surface area contributed by atoms with Crippen LogP contribution in [0.1, 0.15) is 0 Å². The Hall–Kier alpha value is -1.64. The van der Waals surface area contributed by atoms with Crippen LogP contribution in [0.4, 0.5) is 0 Å². The number of hydrogen-bond donors (Lipinski definition) is 0. The Morgan fingerprint density at radius 2 is 2.09 bits per heavy atom. The van der Waals surface area contributed by atoms with Gasteiger partial charge in [-0.3, -0.25) is 4.79 Å². The Morgan fingerprint density at radius 3 is 3.00 bits per heavy atom. The monoisotopic (exact) mass is 147 g/mol. The van der Waals surface area contributed by atoms with Crippen molar-refractivity contribution in [3.63, 3.8) is 0 Å². The zero-order chi connectivity index (χ0) is 7.68. The van der Waals surface area contributed by atoms with Gasteiger partial charge in [-0.2, -0.15) is 0 Å². The first-order valence-electron chi connectivity index (χ1n) is 3.22. The van der Waals surface area contributed by atoms with Gasteiger partial charge in [0.05, 0.1) is 6.20 Å². The van der Waals surface area contributed by atoms with Crippen molar-refractivity contribution in [2.75, 3.05) is 0 Å². The van der Waals surface area contributed by atoms with Crippen molar-refractivity contribution in [2.24, 2.45) is 0 Å². The quantitative estimate of drug-likeness (QED) is 0.562. The van der Waals surface area contributed by atoms with Crippen LogP contribution in [0.2, 0.25) is 0 Å². The van der Waals surface area contributed by atoms with Crippen LogP contribution < -0.4 is 5.43 Å². The molecule has 0 aliphatic carbocycles. The highest BCUT2D eigenvalue weighted by Crippen LogP contribution is 2.04. The van der Waals surface area contributed by atoms with Crippen LogP contribution in [-0.4, -0.2) is 5.16 Å². The van der Waals surface area contributed by atoms with Gasteiger partial charge in [0.1, 0.15) is 0 Å². The first-order chi connectivity index (χ1) is 5.38. The number of rotatable bonds is 0. The molecule has 0 bridgehead atoms. The molecule has 0 saturated heterocycles. The molecular weight excluding hydrogens is 142 g/mol. The van der Waals surface area contributed by atoms with Crippen LogP contribution in [0.5, 0.6) is 0 Å². The topological polar surface area (TPSA) is 43.1 Å². The largest absolute Gasteiger partial charge is 0.352 e. The van der Waals surface area contributed by atoms with Crippen LogP contribution >= 0.6 is 0 Å². The third kappa shape index (κ3) is 0.902. The summed E-state index contributed by atoms with van der Waals surface area (Å²) in [6, 6.07) is 6.69. The summed E-state index contributed by atoms with van der Waals surface area (Å²) < 4.78 is 4.75. The second-order valence-electron chi connectivity index (χ2n) is 2.19. The first-order valence-corrected chi connectivity index (χ1v) is 3.22. The molecule has 2 aromatic rings. The number of hydrogen-bond acceptors (Lipinski definition) is 3. The fourth-order valence-corrected chi connectivity index (χ4v) is 0.931. The summed E-state index contributed by atoms with van der Waals surface area (Å²) in [4.78, 5) is 11.1. The first kappa shape index (κ1) is 6.09. The summed E-state index contributed by atoms with van der Waals surface area (Å²) in [6.07, 6.45) is 1.52. The zero-order valence-corrected chi connectivity index (χ0v) is 5.65. The average molecular weight is 147 g/mol. The van der Waals surface area contributed by atoms with Gasteiger partial charge >= 0.3 is 0 Å². The standard InChI is InChI=1S/C8H5NO2/c10-7-4-2-1-3-6-5-9-11-8(6)7/h1-5H. The summed E-state index contributed by atoms with van der Waals surface area (Å²) in [5, 5.41) is 4.25. The molecule has 0 amide bonds. The lowest BCUT2D eigenvalue weighted by molar-refractivity contribution is 0.455. The zero-order valence-electron chi connectivity index (χ0n) is 5.65. The second-order valence-corrected chi connectivity index (χ2v) is 2.19. The lowest BCUT2D eigenvalue weighted by atomic mass is 10.4. The van der Waals surface area contributed by atoms with Gasteiger partial charge in [0.15, 0.2) is 0 Å². The summed E-state index contributed by atoms with van der Waals surface area (Å²) in [7, 11) is 0. The molecule has 0 radical (unpaired) electrons. The van der Waals surface area contributed by atoms with E-state index in [1.807, 2.05) is 0 Å². The molecule has 11 heavy (non-hydrogen) atoms. The SMILES string of the molecule is O=c1ccccc2cnoc12. The van der Waals surface area contributed by atoms with Gasteiger partial charge in [-0.05, 0) is 12.1 Å². The minimum atomic E-state index is -0.137. The Kier molecular flexibility index (Phi) is 1.22. The van der Waals surface area contributed by atoms with Gasteiger partial charge in [-0.15, -0.1) is 0 Å². The van der Waals surface area contributed by atoms with Crippen LogP contribution in [0, 0.1) is 0 Å². The normalized spacial score (nSPS) is 10.2. The number of fused-ring (bicyclic) bond motifs is 1. The van der Waals surface area contributed by atoms with E-state index < -0.39 is 0 Å². The summed E-state index contributed by atoms with van der Waals surface area (Å²) in [6.45, 7) is 0. The molecule has 0 fully saturated rings. The molecule has 2 rings (SSSR count). The van der Waals surface area contributed by atoms with Crippen molar-refractivity contribution in [3.8, 4) is 0 Å². The van der Waals surface area contributed by atoms with Crippen LogP contribution in [-0.2, 0) is 0 Å². The lowest BCUT2D eigenvalue weighted by Gasteiger charge is -1.69. The van der Waals surface area contributed by atoms with E-state index in [0.29, 0.717) is 5.58 Å². The molecule has 3 heteroatoms. The van der Waals surface area contributed by atoms with Crippen molar-refractivity contribution in [1.82, 2.24) is 5.16 Å². The highest BCUT2D eigenvalue weighted by molar-refractivity contribution is 5.74. The van der Waals surface area contributed by atoms with Crippen molar-refractivity contribution < 1.29 is 4.52 Å². The second kappa shape index (κ2) is 2.20. The van der Waals surface area contributed by atoms with Crippen LogP contribution in [0.15, 0.2) is 39.8 Å². The highest BCUT2D eigenvalue weighted by Gasteiger charge is 1.97. The maximum absolute atomic E-state index is 11.1. The summed E-state index contributed by atoms with van der Waals surface area (Å²) in [5.74, 6) is 0. The third-order valence-corrected chi connectivity index (χ3v) is 1.46. The van der Waals surface area contributed by atoms with E-state index in [1.165, 1.54) is 12.3 Å². The molecule has 0 atom stereocenters. The van der Waals surface area contributed by atoms with Gasteiger partial charge in [0, 0.05) is 5.39 Å². The van der Waals surface area contributed by atoms with Crippen molar-refractivity contribution in [2.45, 2.75) is 0 Å². The van der Waals surface area contributed by atoms with Crippen LogP contribution in [0.25, 0.3) is 11.0 Å². The van der Waals surface area contributed by atoms with Crippen molar-refractivity contribution >= 4 is 11.0 Å². The van der Waals surface area contributed by atoms with E-state index in [2.05, 4.69) is 5.16 Å². The molecule has 0 unspecified atom stereocenters. The molecule has 1 aromatic carbocycles. The van der Waals surface area contributed by atoms with E-state index in [1.54, 1.807) is 18.2 Å². The Labute approximate surface area is 62.3 Å². The maximum atomic E-state index is 11.1. The predicted octanol–water partition coefficient (Wildman–Crippen LogP) is 1.19. The predicted molar refractivity (Wildman–Crippen MR) is 40.3 cm³/mol. The van der Waals surface area contributed by atoms with Gasteiger partial charge in [-0.1, -0.05) is 17.3 Å². The summed E-state index contributed by atoms with van der Waals surface area (Å²) in [5.41, 5.74) is 0.178. The Bertz CT molecular complexity index is 433. The lowest BCUT2D eigenvalue weighted by Crippen LogP contribution is -1.91. The Balaban J connectivity index is 3.09. The van der Waals surface area contributed by atoms with E-state index in [9.17, 15) is 4.79 Å². The van der Waals surface area contributed by atoms with E-state index in [-0.39, 0.29) is 5.43 Å². The smallest absolute Gasteiger partial charge is 0.224 e. The average Bonchev–Trinajstić information content (AvgIpc) is 2.40. The molecular formula is C8H5NO2. The fraction of sp³-hybridized carbons (Fsp3) is 0. The van der Waals surface area contributed by atoms with Crippen LogP contribution in [0.3, 0.4) is 0 Å². The molecule has 0 spiro atoms. The minimum absolute atomic E-state index is 0.137. The third-order valence-electron chi connectivity index (χ3n) is 1.46.